The zero-order valence-corrected chi connectivity index (χ0v) is 9.11. The minimum atomic E-state index is -0.166. The Kier molecular flexibility index (Phi) is 4.55. The van der Waals surface area contributed by atoms with Crippen molar-refractivity contribution in [2.45, 2.75) is 5.09 Å². The Balaban J connectivity index is 2.44. The minimum absolute atomic E-state index is 0.166. The molecule has 78 valence electrons. The molecule has 0 saturated carbocycles. The van der Waals surface area contributed by atoms with Crippen molar-refractivity contribution in [2.75, 3.05) is 26.4 Å². The topological polar surface area (TPSA) is 54.3 Å². The minimum Gasteiger partial charge on any atom is -0.445 e. The van der Waals surface area contributed by atoms with Crippen LogP contribution in [0.5, 0.6) is 0 Å². The van der Waals surface area contributed by atoms with Gasteiger partial charge in [-0.05, 0) is 25.4 Å². The molecule has 2 N–H and O–H groups in total. The average Bonchev–Trinajstić information content (AvgIpc) is 2.66. The first-order valence-electron chi connectivity index (χ1n) is 4.34. The summed E-state index contributed by atoms with van der Waals surface area (Å²) in [7, 11) is 1.84. The lowest BCUT2D eigenvalue weighted by Crippen LogP contribution is -2.30. The molecule has 0 radical (unpaired) electrons. The first-order valence-corrected chi connectivity index (χ1v) is 5.57. The number of hydrogen-bond acceptors (Lipinski definition) is 4. The summed E-state index contributed by atoms with van der Waals surface area (Å²) in [6.45, 7) is 1.35. The fraction of sp³-hybridized carbons (Fsp3) is 0.444. The third-order valence-corrected chi connectivity index (χ3v) is 2.29. The van der Waals surface area contributed by atoms with E-state index in [1.165, 1.54) is 11.8 Å². The zero-order valence-electron chi connectivity index (χ0n) is 8.29. The van der Waals surface area contributed by atoms with E-state index in [4.69, 9.17) is 4.42 Å². The SMILES string of the molecule is CNCCNC(=O)c1ccc(SC)o1. The highest BCUT2D eigenvalue weighted by atomic mass is 32.2. The largest absolute Gasteiger partial charge is 0.445 e. The predicted molar refractivity (Wildman–Crippen MR) is 56.7 cm³/mol. The summed E-state index contributed by atoms with van der Waals surface area (Å²) in [4.78, 5) is 11.4. The molecular weight excluding hydrogens is 200 g/mol. The van der Waals surface area contributed by atoms with E-state index in [2.05, 4.69) is 10.6 Å². The molecule has 14 heavy (non-hydrogen) atoms. The standard InChI is InChI=1S/C9H14N2O2S/c1-10-5-6-11-9(12)7-3-4-8(13-7)14-2/h3-4,10H,5-6H2,1-2H3,(H,11,12). The summed E-state index contributed by atoms with van der Waals surface area (Å²) in [5.74, 6) is 0.200. The van der Waals surface area contributed by atoms with Gasteiger partial charge in [-0.1, -0.05) is 11.8 Å². The van der Waals surface area contributed by atoms with Gasteiger partial charge in [-0.3, -0.25) is 4.79 Å². The molecule has 0 aliphatic carbocycles. The van der Waals surface area contributed by atoms with Gasteiger partial charge in [0.2, 0.25) is 0 Å². The van der Waals surface area contributed by atoms with Gasteiger partial charge in [-0.15, -0.1) is 0 Å². The Bertz CT molecular complexity index is 299. The maximum absolute atomic E-state index is 11.4. The summed E-state index contributed by atoms with van der Waals surface area (Å²) in [6, 6.07) is 3.47. The maximum Gasteiger partial charge on any atom is 0.287 e. The van der Waals surface area contributed by atoms with Crippen molar-refractivity contribution in [2.24, 2.45) is 0 Å². The van der Waals surface area contributed by atoms with Crippen LogP contribution >= 0.6 is 11.8 Å². The van der Waals surface area contributed by atoms with E-state index in [1.807, 2.05) is 13.3 Å². The molecule has 1 amide bonds. The highest BCUT2D eigenvalue weighted by Gasteiger charge is 2.09. The van der Waals surface area contributed by atoms with Gasteiger partial charge < -0.3 is 15.1 Å². The number of rotatable bonds is 5. The molecule has 0 aliphatic heterocycles. The first-order chi connectivity index (χ1) is 6.77. The fourth-order valence-electron chi connectivity index (χ4n) is 0.940. The molecule has 0 aromatic carbocycles. The van der Waals surface area contributed by atoms with E-state index >= 15 is 0 Å². The molecule has 0 atom stereocenters. The normalized spacial score (nSPS) is 10.1. The molecule has 1 rings (SSSR count). The van der Waals surface area contributed by atoms with E-state index in [9.17, 15) is 4.79 Å². The van der Waals surface area contributed by atoms with Gasteiger partial charge in [0.25, 0.3) is 5.91 Å². The van der Waals surface area contributed by atoms with Gasteiger partial charge in [0.05, 0.1) is 0 Å². The first kappa shape index (κ1) is 11.1. The monoisotopic (exact) mass is 214 g/mol. The number of amides is 1. The van der Waals surface area contributed by atoms with E-state index in [0.717, 1.165) is 11.6 Å². The lowest BCUT2D eigenvalue weighted by molar-refractivity contribution is 0.0921. The van der Waals surface area contributed by atoms with Crippen LogP contribution in [-0.4, -0.2) is 32.3 Å². The molecule has 0 saturated heterocycles. The third-order valence-electron chi connectivity index (χ3n) is 1.67. The molecule has 0 unspecified atom stereocenters. The quantitative estimate of drug-likeness (QED) is 0.566. The molecule has 0 aliphatic rings. The number of carbonyl (C=O) groups is 1. The third kappa shape index (κ3) is 3.08. The van der Waals surface area contributed by atoms with Crippen LogP contribution in [0.15, 0.2) is 21.6 Å². The molecule has 0 bridgehead atoms. The van der Waals surface area contributed by atoms with Crippen LogP contribution < -0.4 is 10.6 Å². The Morgan fingerprint density at radius 2 is 2.29 bits per heavy atom. The zero-order chi connectivity index (χ0) is 10.4. The van der Waals surface area contributed by atoms with Crippen LogP contribution in [0.2, 0.25) is 0 Å². The van der Waals surface area contributed by atoms with Crippen molar-refractivity contribution in [3.05, 3.63) is 17.9 Å². The lowest BCUT2D eigenvalue weighted by atomic mass is 10.4. The van der Waals surface area contributed by atoms with E-state index in [1.54, 1.807) is 12.1 Å². The summed E-state index contributed by atoms with van der Waals surface area (Å²) in [6.07, 6.45) is 1.90. The number of likely N-dealkylation sites (N-methyl/N-ethyl adjacent to an activating group) is 1. The number of nitrogens with one attached hydrogen (secondary N) is 2. The average molecular weight is 214 g/mol. The van der Waals surface area contributed by atoms with Crippen LogP contribution in [0.1, 0.15) is 10.6 Å². The van der Waals surface area contributed by atoms with Crippen molar-refractivity contribution in [1.29, 1.82) is 0 Å². The molecule has 5 heteroatoms. The molecule has 1 heterocycles. The fourth-order valence-corrected chi connectivity index (χ4v) is 1.32. The summed E-state index contributed by atoms with van der Waals surface area (Å²) in [5, 5.41) is 6.43. The smallest absolute Gasteiger partial charge is 0.287 e. The van der Waals surface area contributed by atoms with Gasteiger partial charge in [-0.2, -0.15) is 0 Å². The van der Waals surface area contributed by atoms with Gasteiger partial charge >= 0.3 is 0 Å². The Labute approximate surface area is 87.4 Å². The highest BCUT2D eigenvalue weighted by molar-refractivity contribution is 7.98. The van der Waals surface area contributed by atoms with Crippen molar-refractivity contribution >= 4 is 17.7 Å². The van der Waals surface area contributed by atoms with Crippen LogP contribution in [0.4, 0.5) is 0 Å². The van der Waals surface area contributed by atoms with E-state index < -0.39 is 0 Å². The Morgan fingerprint density at radius 3 is 2.86 bits per heavy atom. The molecule has 0 spiro atoms. The van der Waals surface area contributed by atoms with Crippen molar-refractivity contribution in [3.8, 4) is 0 Å². The summed E-state index contributed by atoms with van der Waals surface area (Å²) < 4.78 is 5.26. The van der Waals surface area contributed by atoms with Gasteiger partial charge in [0.1, 0.15) is 0 Å². The number of furan rings is 1. The molecular formula is C9H14N2O2S. The van der Waals surface area contributed by atoms with Gasteiger partial charge in [0.15, 0.2) is 10.9 Å². The van der Waals surface area contributed by atoms with E-state index in [-0.39, 0.29) is 5.91 Å². The highest BCUT2D eigenvalue weighted by Crippen LogP contribution is 2.17. The van der Waals surface area contributed by atoms with Gasteiger partial charge in [0, 0.05) is 13.1 Å². The van der Waals surface area contributed by atoms with Crippen molar-refractivity contribution in [1.82, 2.24) is 10.6 Å². The Hall–Kier alpha value is -0.940. The van der Waals surface area contributed by atoms with Crippen molar-refractivity contribution < 1.29 is 9.21 Å². The van der Waals surface area contributed by atoms with Crippen LogP contribution in [0, 0.1) is 0 Å². The van der Waals surface area contributed by atoms with Crippen molar-refractivity contribution in [3.63, 3.8) is 0 Å². The maximum atomic E-state index is 11.4. The second-order valence-corrected chi connectivity index (χ2v) is 3.49. The molecule has 0 fully saturated rings. The molecule has 1 aromatic heterocycles. The number of thioether (sulfide) groups is 1. The second-order valence-electron chi connectivity index (χ2n) is 2.68. The van der Waals surface area contributed by atoms with Crippen LogP contribution in [0.25, 0.3) is 0 Å². The number of hydrogen-bond donors (Lipinski definition) is 2. The lowest BCUT2D eigenvalue weighted by Gasteiger charge is -2.01. The van der Waals surface area contributed by atoms with Crippen LogP contribution in [-0.2, 0) is 0 Å². The molecule has 4 nitrogen and oxygen atoms in total. The van der Waals surface area contributed by atoms with Gasteiger partial charge in [-0.25, -0.2) is 0 Å². The summed E-state index contributed by atoms with van der Waals surface area (Å²) >= 11 is 1.48. The van der Waals surface area contributed by atoms with E-state index in [0.29, 0.717) is 12.3 Å². The second kappa shape index (κ2) is 5.72. The molecule has 1 aromatic rings. The predicted octanol–water partition coefficient (Wildman–Crippen LogP) is 0.951. The Morgan fingerprint density at radius 1 is 1.50 bits per heavy atom. The number of carbonyl (C=O) groups excluding carboxylic acids is 1. The summed E-state index contributed by atoms with van der Waals surface area (Å²) in [5.41, 5.74) is 0. The van der Waals surface area contributed by atoms with Crippen LogP contribution in [0.3, 0.4) is 0 Å².